The fourth-order valence-electron chi connectivity index (χ4n) is 2.18. The Hall–Kier alpha value is -1.87. The quantitative estimate of drug-likeness (QED) is 0.913. The molecule has 0 aliphatic rings. The summed E-state index contributed by atoms with van der Waals surface area (Å²) in [4.78, 5) is 6.52. The maximum absolute atomic E-state index is 5.92. The van der Waals surface area contributed by atoms with Crippen LogP contribution in [0.4, 0.5) is 11.5 Å². The SMILES string of the molecule is Cc1cc(C)cc(N(C)c2cc([C@H](C)N)ccn2)c1. The number of hydrogen-bond donors (Lipinski definition) is 1. The first-order valence-electron chi connectivity index (χ1n) is 6.51. The molecule has 0 saturated heterocycles. The molecular formula is C16H21N3. The van der Waals surface area contributed by atoms with E-state index in [-0.39, 0.29) is 6.04 Å². The van der Waals surface area contributed by atoms with E-state index in [4.69, 9.17) is 5.73 Å². The Morgan fingerprint density at radius 1 is 1.11 bits per heavy atom. The van der Waals surface area contributed by atoms with Crippen molar-refractivity contribution in [3.05, 3.63) is 53.2 Å². The Morgan fingerprint density at radius 3 is 2.32 bits per heavy atom. The van der Waals surface area contributed by atoms with Crippen LogP contribution >= 0.6 is 0 Å². The van der Waals surface area contributed by atoms with Crippen LogP contribution in [0, 0.1) is 13.8 Å². The van der Waals surface area contributed by atoms with Crippen LogP contribution in [0.3, 0.4) is 0 Å². The number of benzene rings is 1. The average molecular weight is 255 g/mol. The molecule has 1 aromatic carbocycles. The first-order valence-corrected chi connectivity index (χ1v) is 6.51. The molecular weight excluding hydrogens is 234 g/mol. The Kier molecular flexibility index (Phi) is 3.86. The lowest BCUT2D eigenvalue weighted by Crippen LogP contribution is -2.13. The van der Waals surface area contributed by atoms with Crippen LogP contribution < -0.4 is 10.6 Å². The summed E-state index contributed by atoms with van der Waals surface area (Å²) in [5.41, 5.74) is 10.7. The van der Waals surface area contributed by atoms with Crippen LogP contribution in [-0.2, 0) is 0 Å². The maximum Gasteiger partial charge on any atom is 0.132 e. The minimum Gasteiger partial charge on any atom is -0.329 e. The zero-order chi connectivity index (χ0) is 14.0. The molecule has 2 N–H and O–H groups in total. The van der Waals surface area contributed by atoms with E-state index in [1.807, 2.05) is 32.3 Å². The van der Waals surface area contributed by atoms with E-state index >= 15 is 0 Å². The fraction of sp³-hybridized carbons (Fsp3) is 0.312. The van der Waals surface area contributed by atoms with Crippen LogP contribution in [0.25, 0.3) is 0 Å². The topological polar surface area (TPSA) is 42.1 Å². The van der Waals surface area contributed by atoms with Gasteiger partial charge in [-0.1, -0.05) is 6.07 Å². The Bertz CT molecular complexity index is 556. The fourth-order valence-corrected chi connectivity index (χ4v) is 2.18. The minimum atomic E-state index is 0.0226. The van der Waals surface area contributed by atoms with Crippen molar-refractivity contribution in [2.75, 3.05) is 11.9 Å². The van der Waals surface area contributed by atoms with Crippen LogP contribution in [-0.4, -0.2) is 12.0 Å². The smallest absolute Gasteiger partial charge is 0.132 e. The molecule has 0 aliphatic carbocycles. The van der Waals surface area contributed by atoms with E-state index in [1.165, 1.54) is 11.1 Å². The predicted molar refractivity (Wildman–Crippen MR) is 80.8 cm³/mol. The maximum atomic E-state index is 5.92. The summed E-state index contributed by atoms with van der Waals surface area (Å²) < 4.78 is 0. The van der Waals surface area contributed by atoms with Gasteiger partial charge in [-0.25, -0.2) is 4.98 Å². The van der Waals surface area contributed by atoms with Crippen LogP contribution in [0.1, 0.15) is 29.7 Å². The summed E-state index contributed by atoms with van der Waals surface area (Å²) in [5, 5.41) is 0. The molecule has 2 aromatic rings. The molecule has 0 saturated carbocycles. The lowest BCUT2D eigenvalue weighted by molar-refractivity contribution is 0.814. The highest BCUT2D eigenvalue weighted by atomic mass is 15.2. The molecule has 19 heavy (non-hydrogen) atoms. The van der Waals surface area contributed by atoms with Gasteiger partial charge >= 0.3 is 0 Å². The van der Waals surface area contributed by atoms with Gasteiger partial charge in [0.05, 0.1) is 0 Å². The number of rotatable bonds is 3. The van der Waals surface area contributed by atoms with Crippen LogP contribution in [0.15, 0.2) is 36.5 Å². The van der Waals surface area contributed by atoms with Gasteiger partial charge in [0.1, 0.15) is 5.82 Å². The normalized spacial score (nSPS) is 12.3. The number of anilines is 2. The van der Waals surface area contributed by atoms with E-state index in [1.54, 1.807) is 0 Å². The van der Waals surface area contributed by atoms with Crippen molar-refractivity contribution >= 4 is 11.5 Å². The summed E-state index contributed by atoms with van der Waals surface area (Å²) in [6, 6.07) is 10.5. The largest absolute Gasteiger partial charge is 0.329 e. The second-order valence-electron chi connectivity index (χ2n) is 5.14. The minimum absolute atomic E-state index is 0.0226. The number of pyridine rings is 1. The van der Waals surface area contributed by atoms with Crippen molar-refractivity contribution in [3.63, 3.8) is 0 Å². The molecule has 0 unspecified atom stereocenters. The molecule has 3 nitrogen and oxygen atoms in total. The summed E-state index contributed by atoms with van der Waals surface area (Å²) in [7, 11) is 2.03. The number of hydrogen-bond acceptors (Lipinski definition) is 3. The molecule has 0 fully saturated rings. The lowest BCUT2D eigenvalue weighted by Gasteiger charge is -2.20. The molecule has 1 atom stereocenters. The van der Waals surface area contributed by atoms with Crippen molar-refractivity contribution in [1.82, 2.24) is 4.98 Å². The van der Waals surface area contributed by atoms with Crippen molar-refractivity contribution < 1.29 is 0 Å². The van der Waals surface area contributed by atoms with E-state index in [2.05, 4.69) is 41.9 Å². The molecule has 100 valence electrons. The predicted octanol–water partition coefficient (Wildman–Crippen LogP) is 3.49. The molecule has 1 heterocycles. The summed E-state index contributed by atoms with van der Waals surface area (Å²) in [6.45, 7) is 6.20. The molecule has 0 radical (unpaired) electrons. The standard InChI is InChI=1S/C16H21N3/c1-11-7-12(2)9-15(8-11)19(4)16-10-14(13(3)17)5-6-18-16/h5-10,13H,17H2,1-4H3/t13-/m0/s1. The highest BCUT2D eigenvalue weighted by Gasteiger charge is 2.08. The third-order valence-corrected chi connectivity index (χ3v) is 3.23. The van der Waals surface area contributed by atoms with Crippen LogP contribution in [0.2, 0.25) is 0 Å². The molecule has 0 aliphatic heterocycles. The Balaban J connectivity index is 2.38. The van der Waals surface area contributed by atoms with Gasteiger partial charge in [0, 0.05) is 25.0 Å². The van der Waals surface area contributed by atoms with Gasteiger partial charge in [-0.15, -0.1) is 0 Å². The zero-order valence-corrected chi connectivity index (χ0v) is 12.0. The van der Waals surface area contributed by atoms with E-state index < -0.39 is 0 Å². The summed E-state index contributed by atoms with van der Waals surface area (Å²) in [5.74, 6) is 0.916. The lowest BCUT2D eigenvalue weighted by atomic mass is 10.1. The van der Waals surface area contributed by atoms with Gasteiger partial charge in [-0.05, 0) is 61.7 Å². The van der Waals surface area contributed by atoms with Crippen molar-refractivity contribution in [3.8, 4) is 0 Å². The number of nitrogens with two attached hydrogens (primary N) is 1. The van der Waals surface area contributed by atoms with Gasteiger partial charge in [-0.3, -0.25) is 0 Å². The van der Waals surface area contributed by atoms with Gasteiger partial charge in [-0.2, -0.15) is 0 Å². The van der Waals surface area contributed by atoms with Crippen molar-refractivity contribution in [2.24, 2.45) is 5.73 Å². The van der Waals surface area contributed by atoms with Gasteiger partial charge in [0.25, 0.3) is 0 Å². The molecule has 3 heteroatoms. The van der Waals surface area contributed by atoms with Gasteiger partial charge in [0.15, 0.2) is 0 Å². The second kappa shape index (κ2) is 5.41. The number of aryl methyl sites for hydroxylation is 2. The van der Waals surface area contributed by atoms with Crippen molar-refractivity contribution in [2.45, 2.75) is 26.8 Å². The van der Waals surface area contributed by atoms with E-state index in [9.17, 15) is 0 Å². The third kappa shape index (κ3) is 3.12. The van der Waals surface area contributed by atoms with Gasteiger partial charge < -0.3 is 10.6 Å². The highest BCUT2D eigenvalue weighted by Crippen LogP contribution is 2.25. The first-order chi connectivity index (χ1) is 8.97. The van der Waals surface area contributed by atoms with Crippen molar-refractivity contribution in [1.29, 1.82) is 0 Å². The van der Waals surface area contributed by atoms with Crippen LogP contribution in [0.5, 0.6) is 0 Å². The number of aromatic nitrogens is 1. The second-order valence-corrected chi connectivity index (χ2v) is 5.14. The monoisotopic (exact) mass is 255 g/mol. The highest BCUT2D eigenvalue weighted by molar-refractivity contribution is 5.61. The molecule has 0 bridgehead atoms. The Morgan fingerprint density at radius 2 is 1.74 bits per heavy atom. The molecule has 0 amide bonds. The summed E-state index contributed by atoms with van der Waals surface area (Å²) >= 11 is 0. The third-order valence-electron chi connectivity index (χ3n) is 3.23. The molecule has 0 spiro atoms. The van der Waals surface area contributed by atoms with Gasteiger partial charge in [0.2, 0.25) is 0 Å². The van der Waals surface area contributed by atoms with E-state index in [0.717, 1.165) is 17.1 Å². The average Bonchev–Trinajstić information content (AvgIpc) is 2.37. The molecule has 1 aromatic heterocycles. The number of nitrogens with zero attached hydrogens (tertiary/aromatic N) is 2. The summed E-state index contributed by atoms with van der Waals surface area (Å²) in [6.07, 6.45) is 1.81. The first kappa shape index (κ1) is 13.6. The molecule has 2 rings (SSSR count). The zero-order valence-electron chi connectivity index (χ0n) is 12.0. The Labute approximate surface area is 115 Å². The van der Waals surface area contributed by atoms with E-state index in [0.29, 0.717) is 0 Å².